The van der Waals surface area contributed by atoms with Gasteiger partial charge in [-0.05, 0) is 18.1 Å². The summed E-state index contributed by atoms with van der Waals surface area (Å²) in [5.41, 5.74) is 0. The number of carbonyl (C=O) groups excluding carboxylic acids is 2. The third-order valence-electron chi connectivity index (χ3n) is 1.19. The van der Waals surface area contributed by atoms with Crippen LogP contribution in [0.25, 0.3) is 0 Å². The van der Waals surface area contributed by atoms with Crippen molar-refractivity contribution in [3.05, 3.63) is 30.3 Å². The van der Waals surface area contributed by atoms with Crippen LogP contribution in [0, 0.1) is 11.8 Å². The first-order valence-corrected chi connectivity index (χ1v) is 3.55. The van der Waals surface area contributed by atoms with E-state index < -0.39 is 5.97 Å². The molecule has 0 unspecified atom stereocenters. The van der Waals surface area contributed by atoms with Crippen molar-refractivity contribution in [3.8, 4) is 17.6 Å². The molecule has 1 aromatic rings. The van der Waals surface area contributed by atoms with Crippen molar-refractivity contribution < 1.29 is 14.3 Å². The van der Waals surface area contributed by atoms with Crippen LogP contribution in [0.15, 0.2) is 30.3 Å². The average molecular weight is 174 g/mol. The molecule has 0 radical (unpaired) electrons. The quantitative estimate of drug-likeness (QED) is 0.208. The lowest BCUT2D eigenvalue weighted by atomic mass is 10.3. The van der Waals surface area contributed by atoms with Gasteiger partial charge in [0.2, 0.25) is 0 Å². The van der Waals surface area contributed by atoms with Crippen LogP contribution in [0.4, 0.5) is 0 Å². The number of hydrogen-bond donors (Lipinski definition) is 0. The molecular weight excluding hydrogens is 168 g/mol. The maximum atomic E-state index is 10.8. The summed E-state index contributed by atoms with van der Waals surface area (Å²) in [6.07, 6.45) is 0.340. The molecule has 0 spiro atoms. The number of hydrogen-bond acceptors (Lipinski definition) is 3. The minimum atomic E-state index is -0.738. The van der Waals surface area contributed by atoms with E-state index >= 15 is 0 Å². The number of benzene rings is 1. The molecule has 3 heteroatoms. The van der Waals surface area contributed by atoms with E-state index in [9.17, 15) is 9.59 Å². The Morgan fingerprint density at radius 3 is 2.62 bits per heavy atom. The maximum Gasteiger partial charge on any atom is 0.390 e. The van der Waals surface area contributed by atoms with E-state index in [1.807, 2.05) is 11.8 Å². The van der Waals surface area contributed by atoms with Crippen LogP contribution in [-0.2, 0) is 9.59 Å². The largest absolute Gasteiger partial charge is 0.417 e. The van der Waals surface area contributed by atoms with Gasteiger partial charge in [0.1, 0.15) is 5.75 Å². The van der Waals surface area contributed by atoms with Crippen LogP contribution in [0.5, 0.6) is 5.75 Å². The number of esters is 1. The molecule has 0 fully saturated rings. The SMILES string of the molecule is O=CC#CC(=O)Oc1ccccc1. The monoisotopic (exact) mass is 174 g/mol. The van der Waals surface area contributed by atoms with Gasteiger partial charge in [-0.2, -0.15) is 0 Å². The van der Waals surface area contributed by atoms with Gasteiger partial charge in [-0.25, -0.2) is 4.79 Å². The number of rotatable bonds is 1. The van der Waals surface area contributed by atoms with E-state index in [4.69, 9.17) is 4.74 Å². The first-order chi connectivity index (χ1) is 6.33. The van der Waals surface area contributed by atoms with Gasteiger partial charge in [-0.1, -0.05) is 18.2 Å². The molecule has 0 N–H and O–H groups in total. The lowest BCUT2D eigenvalue weighted by Crippen LogP contribution is -2.03. The second-order valence-electron chi connectivity index (χ2n) is 2.09. The van der Waals surface area contributed by atoms with Gasteiger partial charge < -0.3 is 4.74 Å². The van der Waals surface area contributed by atoms with Crippen LogP contribution in [0.2, 0.25) is 0 Å². The van der Waals surface area contributed by atoms with Gasteiger partial charge in [-0.15, -0.1) is 0 Å². The molecule has 3 nitrogen and oxygen atoms in total. The highest BCUT2D eigenvalue weighted by molar-refractivity contribution is 5.94. The van der Waals surface area contributed by atoms with E-state index in [2.05, 4.69) is 0 Å². The second kappa shape index (κ2) is 4.73. The van der Waals surface area contributed by atoms with E-state index in [0.29, 0.717) is 12.0 Å². The molecule has 0 heterocycles. The zero-order valence-electron chi connectivity index (χ0n) is 6.69. The van der Waals surface area contributed by atoms with Crippen molar-refractivity contribution >= 4 is 12.3 Å². The van der Waals surface area contributed by atoms with E-state index in [0.717, 1.165) is 0 Å². The molecule has 13 heavy (non-hydrogen) atoms. The summed E-state index contributed by atoms with van der Waals surface area (Å²) in [5, 5.41) is 0. The first kappa shape index (κ1) is 9.01. The summed E-state index contributed by atoms with van der Waals surface area (Å²) in [6, 6.07) is 8.51. The van der Waals surface area contributed by atoms with Gasteiger partial charge in [0, 0.05) is 5.92 Å². The molecule has 0 aromatic heterocycles. The summed E-state index contributed by atoms with van der Waals surface area (Å²) in [4.78, 5) is 20.6. The summed E-state index contributed by atoms with van der Waals surface area (Å²) in [7, 11) is 0. The third kappa shape index (κ3) is 3.21. The minimum Gasteiger partial charge on any atom is -0.417 e. The lowest BCUT2D eigenvalue weighted by Gasteiger charge is -1.96. The smallest absolute Gasteiger partial charge is 0.390 e. The molecule has 0 aliphatic carbocycles. The van der Waals surface area contributed by atoms with Crippen molar-refractivity contribution in [3.63, 3.8) is 0 Å². The van der Waals surface area contributed by atoms with Crippen LogP contribution in [-0.4, -0.2) is 12.3 Å². The zero-order chi connectivity index (χ0) is 9.52. The fraction of sp³-hybridized carbons (Fsp3) is 0. The summed E-state index contributed by atoms with van der Waals surface area (Å²) in [5.74, 6) is 3.64. The topological polar surface area (TPSA) is 43.4 Å². The first-order valence-electron chi connectivity index (χ1n) is 3.55. The fourth-order valence-electron chi connectivity index (χ4n) is 0.709. The third-order valence-corrected chi connectivity index (χ3v) is 1.19. The molecule has 64 valence electrons. The minimum absolute atomic E-state index is 0.340. The molecule has 0 aliphatic heterocycles. The van der Waals surface area contributed by atoms with Crippen LogP contribution >= 0.6 is 0 Å². The lowest BCUT2D eigenvalue weighted by molar-refractivity contribution is -0.128. The Bertz CT molecular complexity index is 357. The predicted octanol–water partition coefficient (Wildman–Crippen LogP) is 0.794. The normalized spacial score (nSPS) is 8.00. The fourth-order valence-corrected chi connectivity index (χ4v) is 0.709. The Balaban J connectivity index is 2.60. The molecule has 0 atom stereocenters. The molecule has 1 rings (SSSR count). The zero-order valence-corrected chi connectivity index (χ0v) is 6.69. The van der Waals surface area contributed by atoms with Gasteiger partial charge in [0.15, 0.2) is 6.29 Å². The van der Waals surface area contributed by atoms with E-state index in [1.165, 1.54) is 0 Å². The Hall–Kier alpha value is -2.08. The van der Waals surface area contributed by atoms with Gasteiger partial charge >= 0.3 is 5.97 Å². The molecule has 0 aliphatic rings. The highest BCUT2D eigenvalue weighted by Gasteiger charge is 1.97. The summed E-state index contributed by atoms with van der Waals surface area (Å²) >= 11 is 0. The Morgan fingerprint density at radius 2 is 2.00 bits per heavy atom. The van der Waals surface area contributed by atoms with Crippen molar-refractivity contribution in [1.82, 2.24) is 0 Å². The summed E-state index contributed by atoms with van der Waals surface area (Å²) < 4.78 is 4.74. The van der Waals surface area contributed by atoms with Crippen molar-refractivity contribution in [1.29, 1.82) is 0 Å². The van der Waals surface area contributed by atoms with Crippen LogP contribution in [0.3, 0.4) is 0 Å². The molecule has 0 saturated carbocycles. The van der Waals surface area contributed by atoms with E-state index in [1.54, 1.807) is 30.3 Å². The molecular formula is C10H6O3. The Labute approximate surface area is 75.3 Å². The number of para-hydroxylation sites is 1. The molecule has 1 aromatic carbocycles. The highest BCUT2D eigenvalue weighted by atomic mass is 16.5. The standard InChI is InChI=1S/C10H6O3/c11-8-4-7-10(12)13-9-5-2-1-3-6-9/h1-3,5-6,8H. The van der Waals surface area contributed by atoms with Crippen LogP contribution in [0.1, 0.15) is 0 Å². The number of carbonyl (C=O) groups is 2. The second-order valence-corrected chi connectivity index (χ2v) is 2.09. The highest BCUT2D eigenvalue weighted by Crippen LogP contribution is 2.07. The summed E-state index contributed by atoms with van der Waals surface area (Å²) in [6.45, 7) is 0. The van der Waals surface area contributed by atoms with Crippen molar-refractivity contribution in [2.24, 2.45) is 0 Å². The number of ether oxygens (including phenoxy) is 1. The maximum absolute atomic E-state index is 10.8. The average Bonchev–Trinajstić information content (AvgIpc) is 2.16. The Kier molecular flexibility index (Phi) is 3.28. The molecule has 0 saturated heterocycles. The van der Waals surface area contributed by atoms with Gasteiger partial charge in [-0.3, -0.25) is 4.79 Å². The molecule has 0 bridgehead atoms. The molecule has 0 amide bonds. The predicted molar refractivity (Wildman–Crippen MR) is 45.9 cm³/mol. The van der Waals surface area contributed by atoms with Gasteiger partial charge in [0.25, 0.3) is 0 Å². The van der Waals surface area contributed by atoms with E-state index in [-0.39, 0.29) is 0 Å². The van der Waals surface area contributed by atoms with Crippen molar-refractivity contribution in [2.75, 3.05) is 0 Å². The van der Waals surface area contributed by atoms with Crippen molar-refractivity contribution in [2.45, 2.75) is 0 Å². The van der Waals surface area contributed by atoms with Gasteiger partial charge in [0.05, 0.1) is 0 Å². The Morgan fingerprint density at radius 1 is 1.31 bits per heavy atom. The van der Waals surface area contributed by atoms with Crippen LogP contribution < -0.4 is 4.74 Å². The number of aldehydes is 1.